The molecule has 26 heavy (non-hydrogen) atoms. The van der Waals surface area contributed by atoms with E-state index in [9.17, 15) is 9.59 Å². The molecule has 1 aliphatic rings. The minimum Gasteiger partial charge on any atom is -0.350 e. The van der Waals surface area contributed by atoms with Crippen LogP contribution in [-0.4, -0.2) is 16.8 Å². The van der Waals surface area contributed by atoms with E-state index in [0.717, 1.165) is 42.6 Å². The first-order valence-electron chi connectivity index (χ1n) is 9.17. The molecule has 5 nitrogen and oxygen atoms in total. The van der Waals surface area contributed by atoms with Gasteiger partial charge in [-0.3, -0.25) is 14.6 Å². The lowest BCUT2D eigenvalue weighted by Gasteiger charge is -2.27. The lowest BCUT2D eigenvalue weighted by atomic mass is 9.81. The van der Waals surface area contributed by atoms with Gasteiger partial charge in [0.25, 0.3) is 0 Å². The zero-order valence-electron chi connectivity index (χ0n) is 15.1. The molecule has 2 aromatic rings. The Hall–Kier alpha value is -2.69. The number of nitrogens with zero attached hydrogens (tertiary/aromatic N) is 1. The largest absolute Gasteiger partial charge is 0.350 e. The molecule has 3 rings (SSSR count). The molecule has 0 radical (unpaired) electrons. The van der Waals surface area contributed by atoms with Crippen LogP contribution in [0.5, 0.6) is 0 Å². The van der Waals surface area contributed by atoms with Gasteiger partial charge in [-0.1, -0.05) is 18.2 Å². The molecule has 2 amide bonds. The molecule has 1 aliphatic carbocycles. The Morgan fingerprint density at radius 1 is 1.00 bits per heavy atom. The molecule has 1 saturated carbocycles. The van der Waals surface area contributed by atoms with E-state index in [1.807, 2.05) is 49.4 Å². The number of aromatic nitrogens is 1. The van der Waals surface area contributed by atoms with Crippen LogP contribution in [0.25, 0.3) is 0 Å². The average molecular weight is 351 g/mol. The van der Waals surface area contributed by atoms with Crippen molar-refractivity contribution in [2.24, 2.45) is 11.8 Å². The van der Waals surface area contributed by atoms with Crippen LogP contribution in [0.4, 0.5) is 5.69 Å². The molecule has 1 aromatic carbocycles. The molecule has 1 heterocycles. The maximum atomic E-state index is 12.4. The van der Waals surface area contributed by atoms with E-state index in [2.05, 4.69) is 15.6 Å². The maximum Gasteiger partial charge on any atom is 0.227 e. The Bertz CT molecular complexity index is 753. The second-order valence-corrected chi connectivity index (χ2v) is 6.95. The van der Waals surface area contributed by atoms with Crippen molar-refractivity contribution in [3.8, 4) is 0 Å². The predicted molar refractivity (Wildman–Crippen MR) is 101 cm³/mol. The summed E-state index contributed by atoms with van der Waals surface area (Å²) in [6.45, 7) is 2.46. The number of aryl methyl sites for hydroxylation is 1. The molecule has 1 aromatic heterocycles. The van der Waals surface area contributed by atoms with Gasteiger partial charge in [-0.2, -0.15) is 0 Å². The van der Waals surface area contributed by atoms with Crippen LogP contribution >= 0.6 is 0 Å². The van der Waals surface area contributed by atoms with Crippen LogP contribution < -0.4 is 10.6 Å². The molecule has 0 aliphatic heterocycles. The van der Waals surface area contributed by atoms with E-state index in [1.165, 1.54) is 0 Å². The fraction of sp³-hybridized carbons (Fsp3) is 0.381. The van der Waals surface area contributed by atoms with E-state index in [1.54, 1.807) is 6.20 Å². The number of carbonyl (C=O) groups is 2. The van der Waals surface area contributed by atoms with Crippen LogP contribution in [0.15, 0.2) is 48.7 Å². The minimum atomic E-state index is -0.0182. The van der Waals surface area contributed by atoms with Gasteiger partial charge in [0.1, 0.15) is 0 Å². The first kappa shape index (κ1) is 18.1. The van der Waals surface area contributed by atoms with E-state index in [-0.39, 0.29) is 23.7 Å². The van der Waals surface area contributed by atoms with E-state index in [0.29, 0.717) is 6.54 Å². The Kier molecular flexibility index (Phi) is 6.00. The molecule has 0 unspecified atom stereocenters. The molecule has 5 heteroatoms. The number of amides is 2. The topological polar surface area (TPSA) is 71.1 Å². The highest BCUT2D eigenvalue weighted by molar-refractivity contribution is 5.92. The summed E-state index contributed by atoms with van der Waals surface area (Å²) in [5.41, 5.74) is 2.81. The fourth-order valence-electron chi connectivity index (χ4n) is 3.41. The second kappa shape index (κ2) is 8.61. The van der Waals surface area contributed by atoms with Crippen molar-refractivity contribution in [3.63, 3.8) is 0 Å². The molecule has 0 atom stereocenters. The Morgan fingerprint density at radius 3 is 2.38 bits per heavy atom. The molecule has 2 N–H and O–H groups in total. The molecule has 1 fully saturated rings. The molecule has 0 saturated heterocycles. The van der Waals surface area contributed by atoms with Crippen molar-refractivity contribution >= 4 is 17.5 Å². The minimum absolute atomic E-state index is 0.0123. The fourth-order valence-corrected chi connectivity index (χ4v) is 3.41. The quantitative estimate of drug-likeness (QED) is 0.867. The lowest BCUT2D eigenvalue weighted by Crippen LogP contribution is -2.35. The molecule has 0 spiro atoms. The summed E-state index contributed by atoms with van der Waals surface area (Å²) in [5, 5.41) is 5.95. The molecule has 0 bridgehead atoms. The normalized spacial score (nSPS) is 19.6. The smallest absolute Gasteiger partial charge is 0.227 e. The number of hydrogen-bond donors (Lipinski definition) is 2. The number of benzene rings is 1. The van der Waals surface area contributed by atoms with Crippen molar-refractivity contribution in [2.75, 3.05) is 5.32 Å². The molecular weight excluding hydrogens is 326 g/mol. The van der Waals surface area contributed by atoms with Crippen LogP contribution in [0.1, 0.15) is 36.9 Å². The van der Waals surface area contributed by atoms with E-state index >= 15 is 0 Å². The Labute approximate surface area is 154 Å². The second-order valence-electron chi connectivity index (χ2n) is 6.95. The summed E-state index contributed by atoms with van der Waals surface area (Å²) in [7, 11) is 0. The van der Waals surface area contributed by atoms with Crippen molar-refractivity contribution in [2.45, 2.75) is 39.2 Å². The number of carbonyl (C=O) groups excluding carboxylic acids is 2. The summed E-state index contributed by atoms with van der Waals surface area (Å²) < 4.78 is 0. The summed E-state index contributed by atoms with van der Waals surface area (Å²) in [6.07, 6.45) is 4.72. The SMILES string of the molecule is Cc1cccc(NC(=O)C2CCC(C(=O)NCc3ccccn3)CC2)c1. The van der Waals surface area contributed by atoms with Gasteiger partial charge >= 0.3 is 0 Å². The highest BCUT2D eigenvalue weighted by Crippen LogP contribution is 2.30. The van der Waals surface area contributed by atoms with Crippen molar-refractivity contribution in [1.29, 1.82) is 0 Å². The van der Waals surface area contributed by atoms with Gasteiger partial charge in [0.15, 0.2) is 0 Å². The van der Waals surface area contributed by atoms with Gasteiger partial charge in [-0.15, -0.1) is 0 Å². The van der Waals surface area contributed by atoms with Crippen LogP contribution in [-0.2, 0) is 16.1 Å². The predicted octanol–water partition coefficient (Wildman–Crippen LogP) is 3.45. The average Bonchev–Trinajstić information content (AvgIpc) is 2.67. The standard InChI is InChI=1S/C21H25N3O2/c1-15-5-4-7-18(13-15)24-21(26)17-10-8-16(9-11-17)20(25)23-14-19-6-2-3-12-22-19/h2-7,12-13,16-17H,8-11,14H2,1H3,(H,23,25)(H,24,26). The van der Waals surface area contributed by atoms with Gasteiger partial charge in [0, 0.05) is 23.7 Å². The van der Waals surface area contributed by atoms with Crippen LogP contribution in [0, 0.1) is 18.8 Å². The third kappa shape index (κ3) is 4.91. The first-order valence-corrected chi connectivity index (χ1v) is 9.17. The van der Waals surface area contributed by atoms with E-state index < -0.39 is 0 Å². The summed E-state index contributed by atoms with van der Waals surface area (Å²) >= 11 is 0. The highest BCUT2D eigenvalue weighted by atomic mass is 16.2. The Balaban J connectivity index is 1.44. The molecule has 136 valence electrons. The van der Waals surface area contributed by atoms with Gasteiger partial charge in [-0.25, -0.2) is 0 Å². The number of hydrogen-bond acceptors (Lipinski definition) is 3. The lowest BCUT2D eigenvalue weighted by molar-refractivity contribution is -0.128. The zero-order chi connectivity index (χ0) is 18.4. The molecular formula is C21H25N3O2. The van der Waals surface area contributed by atoms with Gasteiger partial charge in [0.05, 0.1) is 12.2 Å². The van der Waals surface area contributed by atoms with Crippen LogP contribution in [0.3, 0.4) is 0 Å². The van der Waals surface area contributed by atoms with Gasteiger partial charge in [-0.05, 0) is 62.4 Å². The maximum absolute atomic E-state index is 12.4. The third-order valence-corrected chi connectivity index (χ3v) is 4.92. The summed E-state index contributed by atoms with van der Waals surface area (Å²) in [6, 6.07) is 13.5. The zero-order valence-corrected chi connectivity index (χ0v) is 15.1. The number of nitrogens with one attached hydrogen (secondary N) is 2. The van der Waals surface area contributed by atoms with Crippen molar-refractivity contribution in [3.05, 3.63) is 59.9 Å². The van der Waals surface area contributed by atoms with Crippen molar-refractivity contribution < 1.29 is 9.59 Å². The third-order valence-electron chi connectivity index (χ3n) is 4.92. The monoisotopic (exact) mass is 351 g/mol. The number of rotatable bonds is 5. The summed E-state index contributed by atoms with van der Waals surface area (Å²) in [5.74, 6) is 0.0909. The van der Waals surface area contributed by atoms with Crippen LogP contribution in [0.2, 0.25) is 0 Å². The highest BCUT2D eigenvalue weighted by Gasteiger charge is 2.29. The number of pyridine rings is 1. The van der Waals surface area contributed by atoms with Gasteiger partial charge in [0.2, 0.25) is 11.8 Å². The van der Waals surface area contributed by atoms with E-state index in [4.69, 9.17) is 0 Å². The summed E-state index contributed by atoms with van der Waals surface area (Å²) in [4.78, 5) is 29.0. The van der Waals surface area contributed by atoms with Crippen molar-refractivity contribution in [1.82, 2.24) is 10.3 Å². The van der Waals surface area contributed by atoms with Gasteiger partial charge < -0.3 is 10.6 Å². The Morgan fingerprint density at radius 2 is 1.73 bits per heavy atom. The number of anilines is 1. The first-order chi connectivity index (χ1) is 12.6.